The van der Waals surface area contributed by atoms with Gasteiger partial charge in [-0.05, 0) is 116 Å². The number of carbonyl (C=O) groups excluding carboxylic acids is 9. The monoisotopic (exact) mass is 1420 g/mol. The number of carbonyl (C=O) groups is 9. The Hall–Kier alpha value is -12.0. The third-order valence-corrected chi connectivity index (χ3v) is 17.1. The molecule has 9 aromatic rings. The quantitative estimate of drug-likeness (QED) is 0.0434. The summed E-state index contributed by atoms with van der Waals surface area (Å²) in [4.78, 5) is 131. The van der Waals surface area contributed by atoms with Crippen LogP contribution in [0, 0.1) is 0 Å². The van der Waals surface area contributed by atoms with Gasteiger partial charge in [0.2, 0.25) is 0 Å². The molecule has 9 aromatic carbocycles. The molecule has 24 nitrogen and oxygen atoms in total. The van der Waals surface area contributed by atoms with Gasteiger partial charge >= 0.3 is 53.7 Å². The number of aliphatic hydroxyl groups excluding tert-OH is 1. The molecule has 3 fully saturated rings. The van der Waals surface area contributed by atoms with Crippen LogP contribution in [0.25, 0.3) is 0 Å². The number of benzene rings is 9. The van der Waals surface area contributed by atoms with Crippen LogP contribution in [0.5, 0.6) is 0 Å². The SMILES string of the molecule is C[C@H]1O[C@H](O[C@@H]2[C@@H](OC(=O)c3ccccc3)[C@@H](O)O[C@H](COC(=O)c3ccccc3)[C@H]2O[C@@H]2O[C@H](COC(=O)c3ccccc3)[C@H](OC(=O)c3ccccc3)[C@H](OC(=O)c3ccccc3)[C@H]2OC(=O)c2ccccc2)[C@H](OC(=O)c2ccccc2)[C@@H](OC(=O)c2ccccc2)[C@H]1OC(=O)c1ccccc1. The fourth-order valence-electron chi connectivity index (χ4n) is 11.8. The van der Waals surface area contributed by atoms with Crippen LogP contribution in [0.3, 0.4) is 0 Å². The summed E-state index contributed by atoms with van der Waals surface area (Å²) in [5.74, 6) is -9.22. The smallest absolute Gasteiger partial charge is 0.338 e. The summed E-state index contributed by atoms with van der Waals surface area (Å²) in [6.07, 6.45) is -30.1. The average molecular weight is 1430 g/mol. The summed E-state index contributed by atoms with van der Waals surface area (Å²) >= 11 is 0. The van der Waals surface area contributed by atoms with Crippen LogP contribution >= 0.6 is 0 Å². The predicted molar refractivity (Wildman–Crippen MR) is 367 cm³/mol. The fraction of sp³-hybridized carbons (Fsp3) is 0.222. The van der Waals surface area contributed by atoms with Crippen LogP contribution in [0.2, 0.25) is 0 Å². The van der Waals surface area contributed by atoms with E-state index < -0.39 is 159 Å². The number of ether oxygens (including phenoxy) is 14. The average Bonchev–Trinajstić information content (AvgIpc) is 0.760. The third-order valence-electron chi connectivity index (χ3n) is 17.1. The summed E-state index contributed by atoms with van der Waals surface area (Å²) in [5, 5.41) is 12.6. The molecule has 1 N–H and O–H groups in total. The molecule has 12 rings (SSSR count). The summed E-state index contributed by atoms with van der Waals surface area (Å²) in [6, 6.07) is 68.5. The summed E-state index contributed by atoms with van der Waals surface area (Å²) in [7, 11) is 0. The molecule has 3 aliphatic heterocycles. The lowest BCUT2D eigenvalue weighted by Crippen LogP contribution is -2.68. The largest absolute Gasteiger partial charge is 0.459 e. The number of rotatable bonds is 24. The molecule has 0 radical (unpaired) electrons. The van der Waals surface area contributed by atoms with Gasteiger partial charge in [-0.15, -0.1) is 0 Å². The molecule has 15 atom stereocenters. The second-order valence-corrected chi connectivity index (χ2v) is 24.1. The van der Waals surface area contributed by atoms with Crippen molar-refractivity contribution >= 4 is 53.7 Å². The minimum absolute atomic E-state index is 0.00913. The van der Waals surface area contributed by atoms with Gasteiger partial charge in [0, 0.05) is 0 Å². The van der Waals surface area contributed by atoms with E-state index in [2.05, 4.69) is 0 Å². The first-order valence-corrected chi connectivity index (χ1v) is 33.4. The molecule has 0 aliphatic carbocycles. The maximum atomic E-state index is 15.0. The van der Waals surface area contributed by atoms with E-state index in [1.807, 2.05) is 0 Å². The lowest BCUT2D eigenvalue weighted by Gasteiger charge is -2.50. The lowest BCUT2D eigenvalue weighted by atomic mass is 9.95. The third kappa shape index (κ3) is 18.3. The molecule has 536 valence electrons. The molecule has 0 spiro atoms. The normalized spacial score (nSPS) is 24.0. The van der Waals surface area contributed by atoms with E-state index in [1.165, 1.54) is 140 Å². The zero-order chi connectivity index (χ0) is 73.2. The van der Waals surface area contributed by atoms with Crippen LogP contribution in [0.15, 0.2) is 273 Å². The molecule has 3 heterocycles. The molecule has 0 amide bonds. The minimum atomic E-state index is -2.33. The highest BCUT2D eigenvalue weighted by atomic mass is 16.8. The highest BCUT2D eigenvalue weighted by molar-refractivity contribution is 5.94. The van der Waals surface area contributed by atoms with Crippen LogP contribution in [0.1, 0.15) is 100 Å². The van der Waals surface area contributed by atoms with Gasteiger partial charge in [-0.1, -0.05) is 164 Å². The molecule has 105 heavy (non-hydrogen) atoms. The number of hydrogen-bond acceptors (Lipinski definition) is 24. The Morgan fingerprint density at radius 2 is 0.486 bits per heavy atom. The van der Waals surface area contributed by atoms with Crippen molar-refractivity contribution in [2.45, 2.75) is 99.0 Å². The maximum absolute atomic E-state index is 15.0. The zero-order valence-electron chi connectivity index (χ0n) is 55.9. The first-order valence-electron chi connectivity index (χ1n) is 33.4. The van der Waals surface area contributed by atoms with Crippen LogP contribution in [0.4, 0.5) is 0 Å². The van der Waals surface area contributed by atoms with E-state index in [-0.39, 0.29) is 50.1 Å². The van der Waals surface area contributed by atoms with Gasteiger partial charge in [0.1, 0.15) is 37.6 Å². The molecule has 0 unspecified atom stereocenters. The lowest BCUT2D eigenvalue weighted by molar-refractivity contribution is -0.379. The Morgan fingerprint density at radius 3 is 0.800 bits per heavy atom. The second-order valence-electron chi connectivity index (χ2n) is 24.1. The van der Waals surface area contributed by atoms with Gasteiger partial charge in [-0.3, -0.25) is 0 Å². The molecule has 24 heteroatoms. The summed E-state index contributed by atoms with van der Waals surface area (Å²) < 4.78 is 90.4. The Morgan fingerprint density at radius 1 is 0.257 bits per heavy atom. The molecule has 3 aliphatic rings. The van der Waals surface area contributed by atoms with Crippen molar-refractivity contribution < 1.29 is 115 Å². The Bertz CT molecular complexity index is 4410. The molecule has 0 aromatic heterocycles. The van der Waals surface area contributed by atoms with Crippen molar-refractivity contribution in [3.05, 3.63) is 323 Å². The first kappa shape index (κ1) is 72.7. The molecular weight excluding hydrogens is 1360 g/mol. The molecular formula is C81H68O24. The fourth-order valence-corrected chi connectivity index (χ4v) is 11.8. The topological polar surface area (TPSA) is 303 Å². The Kier molecular flexibility index (Phi) is 24.1. The van der Waals surface area contributed by atoms with E-state index in [0.29, 0.717) is 0 Å². The number of hydrogen-bond donors (Lipinski definition) is 1. The van der Waals surface area contributed by atoms with Crippen molar-refractivity contribution in [3.63, 3.8) is 0 Å². The van der Waals surface area contributed by atoms with E-state index >= 15 is 0 Å². The number of aliphatic hydroxyl groups is 1. The van der Waals surface area contributed by atoms with Crippen molar-refractivity contribution in [3.8, 4) is 0 Å². The van der Waals surface area contributed by atoms with Gasteiger partial charge in [-0.2, -0.15) is 0 Å². The van der Waals surface area contributed by atoms with Gasteiger partial charge in [0.15, 0.2) is 61.6 Å². The first-order chi connectivity index (χ1) is 51.1. The van der Waals surface area contributed by atoms with Gasteiger partial charge in [0.25, 0.3) is 0 Å². The summed E-state index contributed by atoms with van der Waals surface area (Å²) in [5.41, 5.74) is -0.150. The van der Waals surface area contributed by atoms with E-state index in [9.17, 15) is 48.3 Å². The number of esters is 9. The summed E-state index contributed by atoms with van der Waals surface area (Å²) in [6.45, 7) is -0.329. The van der Waals surface area contributed by atoms with Crippen LogP contribution in [-0.2, 0) is 66.3 Å². The highest BCUT2D eigenvalue weighted by Crippen LogP contribution is 2.40. The maximum Gasteiger partial charge on any atom is 0.338 e. The van der Waals surface area contributed by atoms with Crippen molar-refractivity contribution in [2.24, 2.45) is 0 Å². The standard InChI is InChI=1S/C81H68O24/c1-49-61(97-72(84)52-33-15-4-16-34-52)64(99-74(86)54-37-19-6-20-38-54)68(102-77(89)57-43-25-9-26-44-57)80(94-49)105-65-63(59(47-92-70(82)50-29-11-2-12-30-50)95-79(91)67(65)101-76(88)56-41-23-8-24-42-56)104-81-69(103-78(90)58-45-27-10-28-46-58)66(100-75(87)55-39-21-7-22-40-55)62(98-73(85)53-35-17-5-18-36-53)60(96-81)48-93-71(83)51-31-13-3-14-32-51/h2-46,49,59-69,79-81,91H,47-48H2,1H3/t49-,59-,60-,61+,62+,63-,64+,65+,66+,67-,68-,69-,79+,80-,81+/m1/s1. The molecule has 0 bridgehead atoms. The van der Waals surface area contributed by atoms with Crippen molar-refractivity contribution in [2.75, 3.05) is 13.2 Å². The van der Waals surface area contributed by atoms with Crippen LogP contribution < -0.4 is 0 Å². The zero-order valence-corrected chi connectivity index (χ0v) is 55.9. The van der Waals surface area contributed by atoms with Crippen LogP contribution in [-0.4, -0.2) is 164 Å². The Labute approximate surface area is 601 Å². The van der Waals surface area contributed by atoms with E-state index in [1.54, 1.807) is 140 Å². The van der Waals surface area contributed by atoms with Crippen molar-refractivity contribution in [1.82, 2.24) is 0 Å². The predicted octanol–water partition coefficient (Wildman–Crippen LogP) is 10.2. The van der Waals surface area contributed by atoms with Gasteiger partial charge in [0.05, 0.1) is 56.2 Å². The van der Waals surface area contributed by atoms with Crippen molar-refractivity contribution in [1.29, 1.82) is 0 Å². The Balaban J connectivity index is 1.04. The minimum Gasteiger partial charge on any atom is -0.459 e. The van der Waals surface area contributed by atoms with E-state index in [0.717, 1.165) is 0 Å². The molecule has 0 saturated carbocycles. The van der Waals surface area contributed by atoms with Gasteiger partial charge in [-0.25, -0.2) is 43.2 Å². The highest BCUT2D eigenvalue weighted by Gasteiger charge is 2.60. The van der Waals surface area contributed by atoms with E-state index in [4.69, 9.17) is 66.3 Å². The second kappa shape index (κ2) is 34.8. The van der Waals surface area contributed by atoms with Gasteiger partial charge < -0.3 is 71.4 Å². The molecule has 3 saturated heterocycles.